The molecule has 0 radical (unpaired) electrons. The van der Waals surface area contributed by atoms with Crippen LogP contribution in [0.2, 0.25) is 0 Å². The van der Waals surface area contributed by atoms with Gasteiger partial charge in [0, 0.05) is 24.3 Å². The zero-order valence-corrected chi connectivity index (χ0v) is 12.0. The van der Waals surface area contributed by atoms with E-state index in [1.54, 1.807) is 16.8 Å². The number of rotatable bonds is 2. The molecule has 0 saturated heterocycles. The summed E-state index contributed by atoms with van der Waals surface area (Å²) in [4.78, 5) is 16.6. The summed E-state index contributed by atoms with van der Waals surface area (Å²) in [6, 6.07) is 11.7. The highest BCUT2D eigenvalue weighted by molar-refractivity contribution is 7.16. The van der Waals surface area contributed by atoms with Gasteiger partial charge in [-0.05, 0) is 41.5 Å². The van der Waals surface area contributed by atoms with Crippen molar-refractivity contribution in [2.75, 3.05) is 5.32 Å². The minimum Gasteiger partial charge on any atom is -0.322 e. The average molecular weight is 295 g/mol. The number of thiazole rings is 1. The molecule has 2 heterocycles. The van der Waals surface area contributed by atoms with Crippen molar-refractivity contribution < 1.29 is 4.79 Å². The topological polar surface area (TPSA) is 54.0 Å². The largest absolute Gasteiger partial charge is 0.322 e. The van der Waals surface area contributed by atoms with Crippen molar-refractivity contribution in [3.8, 4) is 0 Å². The molecule has 4 nitrogen and oxygen atoms in total. The second-order valence-corrected chi connectivity index (χ2v) is 5.96. The van der Waals surface area contributed by atoms with Gasteiger partial charge in [-0.3, -0.25) is 4.79 Å². The minimum atomic E-state index is -0.101. The molecule has 2 N–H and O–H groups in total. The predicted molar refractivity (Wildman–Crippen MR) is 84.6 cm³/mol. The first-order valence-corrected chi connectivity index (χ1v) is 7.65. The summed E-state index contributed by atoms with van der Waals surface area (Å²) in [6.45, 7) is 1.77. The smallest absolute Gasteiger partial charge is 0.255 e. The Balaban J connectivity index is 1.60. The lowest BCUT2D eigenvalue weighted by Gasteiger charge is -2.07. The maximum atomic E-state index is 12.3. The quantitative estimate of drug-likeness (QED) is 0.763. The molecule has 4 rings (SSSR count). The van der Waals surface area contributed by atoms with E-state index in [4.69, 9.17) is 0 Å². The number of amides is 1. The third-order valence-corrected chi connectivity index (χ3v) is 4.50. The van der Waals surface area contributed by atoms with E-state index in [0.717, 1.165) is 29.0 Å². The van der Waals surface area contributed by atoms with Gasteiger partial charge in [0.15, 0.2) is 0 Å². The van der Waals surface area contributed by atoms with Crippen molar-refractivity contribution in [1.29, 1.82) is 0 Å². The van der Waals surface area contributed by atoms with Gasteiger partial charge in [-0.2, -0.15) is 0 Å². The number of carbonyl (C=O) groups excluding carboxylic acids is 1. The van der Waals surface area contributed by atoms with Gasteiger partial charge in [-0.25, -0.2) is 4.98 Å². The number of fused-ring (bicyclic) bond motifs is 2. The first-order chi connectivity index (χ1) is 10.3. The number of nitrogens with zero attached hydrogens (tertiary/aromatic N) is 1. The van der Waals surface area contributed by atoms with Crippen LogP contribution in [0.15, 0.2) is 41.9 Å². The van der Waals surface area contributed by atoms with Crippen LogP contribution in [-0.2, 0) is 13.1 Å². The number of carbonyl (C=O) groups is 1. The van der Waals surface area contributed by atoms with E-state index in [1.807, 2.05) is 30.3 Å². The maximum Gasteiger partial charge on any atom is 0.255 e. The van der Waals surface area contributed by atoms with Crippen LogP contribution in [0.4, 0.5) is 5.69 Å². The molecule has 0 unspecified atom stereocenters. The van der Waals surface area contributed by atoms with Gasteiger partial charge >= 0.3 is 0 Å². The van der Waals surface area contributed by atoms with E-state index in [1.165, 1.54) is 11.1 Å². The molecular weight excluding hydrogens is 282 g/mol. The summed E-state index contributed by atoms with van der Waals surface area (Å²) in [5.41, 5.74) is 6.68. The SMILES string of the molecule is O=C(Nc1ccc2c(c1)CNC2)c1ccc2scnc2c1. The first-order valence-electron chi connectivity index (χ1n) is 6.77. The average Bonchev–Trinajstić information content (AvgIpc) is 3.14. The van der Waals surface area contributed by atoms with Gasteiger partial charge < -0.3 is 10.6 Å². The summed E-state index contributed by atoms with van der Waals surface area (Å²) in [7, 11) is 0. The van der Waals surface area contributed by atoms with Crippen LogP contribution in [0.5, 0.6) is 0 Å². The number of benzene rings is 2. The van der Waals surface area contributed by atoms with Crippen LogP contribution in [-0.4, -0.2) is 10.9 Å². The van der Waals surface area contributed by atoms with Crippen molar-refractivity contribution in [1.82, 2.24) is 10.3 Å². The molecule has 1 aromatic heterocycles. The van der Waals surface area contributed by atoms with E-state index in [9.17, 15) is 4.79 Å². The Labute approximate surface area is 125 Å². The van der Waals surface area contributed by atoms with Gasteiger partial charge in [-0.15, -0.1) is 11.3 Å². The molecule has 0 aliphatic carbocycles. The Morgan fingerprint density at radius 2 is 2.05 bits per heavy atom. The molecule has 2 aromatic carbocycles. The van der Waals surface area contributed by atoms with Gasteiger partial charge in [-0.1, -0.05) is 6.07 Å². The van der Waals surface area contributed by atoms with E-state index in [0.29, 0.717) is 5.56 Å². The fraction of sp³-hybridized carbons (Fsp3) is 0.125. The lowest BCUT2D eigenvalue weighted by Crippen LogP contribution is -2.12. The Bertz CT molecular complexity index is 840. The molecule has 21 heavy (non-hydrogen) atoms. The third kappa shape index (κ3) is 2.30. The van der Waals surface area contributed by atoms with Crippen LogP contribution in [0.1, 0.15) is 21.5 Å². The lowest BCUT2D eigenvalue weighted by molar-refractivity contribution is 0.102. The fourth-order valence-corrected chi connectivity index (χ4v) is 3.23. The Morgan fingerprint density at radius 1 is 1.14 bits per heavy atom. The van der Waals surface area contributed by atoms with Gasteiger partial charge in [0.2, 0.25) is 0 Å². The zero-order valence-electron chi connectivity index (χ0n) is 11.2. The van der Waals surface area contributed by atoms with Crippen molar-refractivity contribution >= 4 is 33.1 Å². The Morgan fingerprint density at radius 3 is 3.00 bits per heavy atom. The first kappa shape index (κ1) is 12.5. The Hall–Kier alpha value is -2.24. The molecule has 0 bridgehead atoms. The lowest BCUT2D eigenvalue weighted by atomic mass is 10.1. The van der Waals surface area contributed by atoms with Crippen LogP contribution < -0.4 is 10.6 Å². The summed E-state index contributed by atoms with van der Waals surface area (Å²) >= 11 is 1.58. The van der Waals surface area contributed by atoms with Gasteiger partial charge in [0.1, 0.15) is 0 Å². The highest BCUT2D eigenvalue weighted by Gasteiger charge is 2.12. The molecule has 1 aliphatic heterocycles. The Kier molecular flexibility index (Phi) is 2.94. The summed E-state index contributed by atoms with van der Waals surface area (Å²) in [5, 5.41) is 6.25. The number of hydrogen-bond donors (Lipinski definition) is 2. The highest BCUT2D eigenvalue weighted by atomic mass is 32.1. The van der Waals surface area contributed by atoms with Crippen molar-refractivity contribution in [2.45, 2.75) is 13.1 Å². The molecule has 0 atom stereocenters. The van der Waals surface area contributed by atoms with Gasteiger partial charge in [0.25, 0.3) is 5.91 Å². The molecular formula is C16H13N3OS. The van der Waals surface area contributed by atoms with Gasteiger partial charge in [0.05, 0.1) is 15.7 Å². The molecule has 0 spiro atoms. The normalized spacial score (nSPS) is 13.3. The third-order valence-electron chi connectivity index (χ3n) is 3.69. The maximum absolute atomic E-state index is 12.3. The highest BCUT2D eigenvalue weighted by Crippen LogP contribution is 2.22. The molecule has 3 aromatic rings. The molecule has 0 fully saturated rings. The van der Waals surface area contributed by atoms with E-state index >= 15 is 0 Å². The second-order valence-electron chi connectivity index (χ2n) is 5.08. The van der Waals surface area contributed by atoms with Crippen molar-refractivity contribution in [2.24, 2.45) is 0 Å². The van der Waals surface area contributed by atoms with Crippen LogP contribution in [0.3, 0.4) is 0 Å². The number of aromatic nitrogens is 1. The van der Waals surface area contributed by atoms with Crippen molar-refractivity contribution in [3.63, 3.8) is 0 Å². The molecule has 104 valence electrons. The van der Waals surface area contributed by atoms with Crippen LogP contribution >= 0.6 is 11.3 Å². The number of anilines is 1. The second kappa shape index (κ2) is 4.95. The number of hydrogen-bond acceptors (Lipinski definition) is 4. The molecule has 1 amide bonds. The molecule has 0 saturated carbocycles. The van der Waals surface area contributed by atoms with Crippen LogP contribution in [0.25, 0.3) is 10.2 Å². The number of nitrogens with one attached hydrogen (secondary N) is 2. The molecule has 5 heteroatoms. The van der Waals surface area contributed by atoms with E-state index < -0.39 is 0 Å². The predicted octanol–water partition coefficient (Wildman–Crippen LogP) is 3.15. The standard InChI is InChI=1S/C16H13N3OS/c20-16(10-2-4-15-14(6-10)18-9-21-15)19-13-3-1-11-7-17-8-12(11)5-13/h1-6,9,17H,7-8H2,(H,19,20). The zero-order chi connectivity index (χ0) is 14.2. The summed E-state index contributed by atoms with van der Waals surface area (Å²) < 4.78 is 1.09. The van der Waals surface area contributed by atoms with Crippen molar-refractivity contribution in [3.05, 3.63) is 58.6 Å². The summed E-state index contributed by atoms with van der Waals surface area (Å²) in [5.74, 6) is -0.101. The van der Waals surface area contributed by atoms with E-state index in [-0.39, 0.29) is 5.91 Å². The monoisotopic (exact) mass is 295 g/mol. The molecule has 1 aliphatic rings. The minimum absolute atomic E-state index is 0.101. The summed E-state index contributed by atoms with van der Waals surface area (Å²) in [6.07, 6.45) is 0. The van der Waals surface area contributed by atoms with E-state index in [2.05, 4.69) is 21.7 Å². The fourth-order valence-electron chi connectivity index (χ4n) is 2.57. The van der Waals surface area contributed by atoms with Crippen LogP contribution in [0, 0.1) is 0 Å².